The van der Waals surface area contributed by atoms with Crippen LogP contribution in [0.5, 0.6) is 0 Å². The highest BCUT2D eigenvalue weighted by Crippen LogP contribution is 2.58. The van der Waals surface area contributed by atoms with Gasteiger partial charge in [-0.3, -0.25) is 9.59 Å². The average Bonchev–Trinajstić information content (AvgIpc) is 2.87. The number of carbonyl (C=O) groups is 2. The number of amides is 1. The van der Waals surface area contributed by atoms with Gasteiger partial charge in [-0.1, -0.05) is 31.5 Å². The van der Waals surface area contributed by atoms with Gasteiger partial charge in [-0.15, -0.1) is 0 Å². The predicted octanol–water partition coefficient (Wildman–Crippen LogP) is 2.94. The molecule has 0 spiro atoms. The van der Waals surface area contributed by atoms with Crippen molar-refractivity contribution in [2.75, 3.05) is 5.32 Å². The number of halogens is 1. The van der Waals surface area contributed by atoms with E-state index >= 15 is 0 Å². The first-order valence-electron chi connectivity index (χ1n) is 6.05. The third kappa shape index (κ3) is 2.45. The van der Waals surface area contributed by atoms with Crippen LogP contribution in [0.15, 0.2) is 18.2 Å². The number of nitrogens with one attached hydrogen (secondary N) is 1. The quantitative estimate of drug-likeness (QED) is 0.895. The minimum Gasteiger partial charge on any atom is -0.481 e. The molecule has 0 aromatic heterocycles. The molecule has 1 aromatic carbocycles. The van der Waals surface area contributed by atoms with E-state index < -0.39 is 23.2 Å². The van der Waals surface area contributed by atoms with Crippen LogP contribution in [0.25, 0.3) is 0 Å². The fourth-order valence-electron chi connectivity index (χ4n) is 2.53. The van der Waals surface area contributed by atoms with Gasteiger partial charge in [0.25, 0.3) is 0 Å². The summed E-state index contributed by atoms with van der Waals surface area (Å²) in [5.41, 5.74) is 0.995. The first-order valence-corrected chi connectivity index (χ1v) is 6.42. The summed E-state index contributed by atoms with van der Waals surface area (Å²) in [7, 11) is 0. The van der Waals surface area contributed by atoms with Crippen LogP contribution in [0.1, 0.15) is 19.4 Å². The molecule has 1 saturated carbocycles. The van der Waals surface area contributed by atoms with Gasteiger partial charge in [0.15, 0.2) is 0 Å². The van der Waals surface area contributed by atoms with Gasteiger partial charge in [0.05, 0.1) is 22.5 Å². The number of aryl methyl sites for hydroxylation is 1. The summed E-state index contributed by atoms with van der Waals surface area (Å²) in [6.45, 7) is 5.47. The summed E-state index contributed by atoms with van der Waals surface area (Å²) in [5, 5.41) is 12.2. The van der Waals surface area contributed by atoms with Gasteiger partial charge in [-0.25, -0.2) is 0 Å². The van der Waals surface area contributed by atoms with Crippen molar-refractivity contribution in [2.24, 2.45) is 17.3 Å². The maximum atomic E-state index is 12.1. The summed E-state index contributed by atoms with van der Waals surface area (Å²) < 4.78 is 0. The van der Waals surface area contributed by atoms with E-state index in [1.165, 1.54) is 0 Å². The molecule has 4 nitrogen and oxygen atoms in total. The van der Waals surface area contributed by atoms with E-state index in [4.69, 9.17) is 16.7 Å². The number of anilines is 1. The molecule has 1 amide bonds. The second kappa shape index (κ2) is 4.53. The molecular formula is C14H16ClNO3. The molecule has 1 aliphatic rings. The van der Waals surface area contributed by atoms with Crippen molar-refractivity contribution in [1.29, 1.82) is 0 Å². The molecule has 1 aliphatic carbocycles. The fourth-order valence-corrected chi connectivity index (χ4v) is 2.70. The maximum Gasteiger partial charge on any atom is 0.307 e. The SMILES string of the molecule is Cc1ccc(Cl)c(NC(=O)[C@@H]2[C@H](C(=O)O)C2(C)C)c1. The Hall–Kier alpha value is -1.55. The number of carboxylic acids is 1. The van der Waals surface area contributed by atoms with E-state index in [1.54, 1.807) is 26.0 Å². The second-order valence-electron chi connectivity index (χ2n) is 5.59. The zero-order valence-electron chi connectivity index (χ0n) is 11.0. The Morgan fingerprint density at radius 3 is 2.47 bits per heavy atom. The third-order valence-electron chi connectivity index (χ3n) is 3.76. The van der Waals surface area contributed by atoms with Gasteiger partial charge >= 0.3 is 5.97 Å². The summed E-state index contributed by atoms with van der Waals surface area (Å²) in [6, 6.07) is 5.32. The monoisotopic (exact) mass is 281 g/mol. The molecule has 0 unspecified atom stereocenters. The zero-order valence-corrected chi connectivity index (χ0v) is 11.8. The number of hydrogen-bond acceptors (Lipinski definition) is 2. The smallest absolute Gasteiger partial charge is 0.307 e. The van der Waals surface area contributed by atoms with E-state index in [9.17, 15) is 9.59 Å². The lowest BCUT2D eigenvalue weighted by atomic mass is 10.1. The van der Waals surface area contributed by atoms with Crippen LogP contribution in [0.3, 0.4) is 0 Å². The molecule has 2 atom stereocenters. The Bertz CT molecular complexity index is 554. The van der Waals surface area contributed by atoms with Gasteiger partial charge in [0.2, 0.25) is 5.91 Å². The van der Waals surface area contributed by atoms with Crippen LogP contribution in [0, 0.1) is 24.2 Å². The average molecular weight is 282 g/mol. The second-order valence-corrected chi connectivity index (χ2v) is 5.99. The van der Waals surface area contributed by atoms with Crippen LogP contribution < -0.4 is 5.32 Å². The van der Waals surface area contributed by atoms with Crippen LogP contribution in [-0.2, 0) is 9.59 Å². The minimum atomic E-state index is -0.930. The number of aliphatic carboxylic acids is 1. The molecule has 19 heavy (non-hydrogen) atoms. The Morgan fingerprint density at radius 1 is 1.32 bits per heavy atom. The van der Waals surface area contributed by atoms with Crippen molar-refractivity contribution in [1.82, 2.24) is 0 Å². The molecule has 0 bridgehead atoms. The number of benzene rings is 1. The summed E-state index contributed by atoms with van der Waals surface area (Å²) >= 11 is 6.00. The van der Waals surface area contributed by atoms with Crippen molar-refractivity contribution < 1.29 is 14.7 Å². The van der Waals surface area contributed by atoms with E-state index in [0.717, 1.165) is 5.56 Å². The standard InChI is InChI=1S/C14H16ClNO3/c1-7-4-5-8(15)9(6-7)16-12(17)10-11(13(18)19)14(10,2)3/h4-6,10-11H,1-3H3,(H,16,17)(H,18,19)/t10-,11+/m0/s1. The lowest BCUT2D eigenvalue weighted by Gasteiger charge is -2.08. The molecule has 2 rings (SSSR count). The minimum absolute atomic E-state index is 0.287. The molecule has 1 fully saturated rings. The first kappa shape index (κ1) is 13.9. The van der Waals surface area contributed by atoms with Gasteiger partial charge in [-0.05, 0) is 30.0 Å². The van der Waals surface area contributed by atoms with E-state index in [0.29, 0.717) is 10.7 Å². The van der Waals surface area contributed by atoms with E-state index in [1.807, 2.05) is 13.0 Å². The molecule has 1 aromatic rings. The molecule has 102 valence electrons. The van der Waals surface area contributed by atoms with Gasteiger partial charge in [-0.2, -0.15) is 0 Å². The molecular weight excluding hydrogens is 266 g/mol. The van der Waals surface area contributed by atoms with Crippen molar-refractivity contribution in [3.05, 3.63) is 28.8 Å². The van der Waals surface area contributed by atoms with Gasteiger partial charge in [0, 0.05) is 0 Å². The molecule has 0 aliphatic heterocycles. The van der Waals surface area contributed by atoms with E-state index in [2.05, 4.69) is 5.32 Å². The molecule has 5 heteroatoms. The first-order chi connectivity index (χ1) is 8.75. The van der Waals surface area contributed by atoms with Crippen molar-refractivity contribution >= 4 is 29.2 Å². The molecule has 0 saturated heterocycles. The van der Waals surface area contributed by atoms with Gasteiger partial charge < -0.3 is 10.4 Å². The lowest BCUT2D eigenvalue weighted by Crippen LogP contribution is -2.18. The van der Waals surface area contributed by atoms with Crippen LogP contribution >= 0.6 is 11.6 Å². The zero-order chi connectivity index (χ0) is 14.4. The molecule has 0 radical (unpaired) electrons. The van der Waals surface area contributed by atoms with Crippen LogP contribution in [0.4, 0.5) is 5.69 Å². The Balaban J connectivity index is 2.15. The number of hydrogen-bond donors (Lipinski definition) is 2. The molecule has 0 heterocycles. The fraction of sp³-hybridized carbons (Fsp3) is 0.429. The molecule has 2 N–H and O–H groups in total. The van der Waals surface area contributed by atoms with E-state index in [-0.39, 0.29) is 5.91 Å². The topological polar surface area (TPSA) is 66.4 Å². The maximum absolute atomic E-state index is 12.1. The predicted molar refractivity (Wildman–Crippen MR) is 73.2 cm³/mol. The van der Waals surface area contributed by atoms with Crippen molar-refractivity contribution in [3.63, 3.8) is 0 Å². The number of carbonyl (C=O) groups excluding carboxylic acids is 1. The summed E-state index contributed by atoms with van der Waals surface area (Å²) in [6.07, 6.45) is 0. The number of carboxylic acid groups (broad SMARTS) is 1. The van der Waals surface area contributed by atoms with Crippen LogP contribution in [-0.4, -0.2) is 17.0 Å². The summed E-state index contributed by atoms with van der Waals surface area (Å²) in [4.78, 5) is 23.2. The lowest BCUT2D eigenvalue weighted by molar-refractivity contribution is -0.140. The Kier molecular flexibility index (Phi) is 3.31. The van der Waals surface area contributed by atoms with Crippen molar-refractivity contribution in [2.45, 2.75) is 20.8 Å². The van der Waals surface area contributed by atoms with Crippen molar-refractivity contribution in [3.8, 4) is 0 Å². The Morgan fingerprint density at radius 2 is 1.95 bits per heavy atom. The highest BCUT2D eigenvalue weighted by atomic mass is 35.5. The third-order valence-corrected chi connectivity index (χ3v) is 4.09. The highest BCUT2D eigenvalue weighted by Gasteiger charge is 2.65. The summed E-state index contributed by atoms with van der Waals surface area (Å²) in [5.74, 6) is -2.36. The normalized spacial score (nSPS) is 23.8. The number of rotatable bonds is 3. The Labute approximate surface area is 116 Å². The largest absolute Gasteiger partial charge is 0.481 e. The van der Waals surface area contributed by atoms with Crippen LogP contribution in [0.2, 0.25) is 5.02 Å². The highest BCUT2D eigenvalue weighted by molar-refractivity contribution is 6.33. The van der Waals surface area contributed by atoms with Gasteiger partial charge in [0.1, 0.15) is 0 Å².